The van der Waals surface area contributed by atoms with E-state index in [-0.39, 0.29) is 0 Å². The van der Waals surface area contributed by atoms with E-state index < -0.39 is 0 Å². The van der Waals surface area contributed by atoms with Gasteiger partial charge in [0.2, 0.25) is 0 Å². The van der Waals surface area contributed by atoms with Crippen LogP contribution in [0.5, 0.6) is 0 Å². The Morgan fingerprint density at radius 3 is 1.06 bits per heavy atom. The van der Waals surface area contributed by atoms with Crippen molar-refractivity contribution in [1.82, 2.24) is 16.0 Å². The predicted molar refractivity (Wildman–Crippen MR) is 150 cm³/mol. The van der Waals surface area contributed by atoms with Crippen molar-refractivity contribution in [1.29, 1.82) is 0 Å². The zero-order valence-electron chi connectivity index (χ0n) is 24.9. The van der Waals surface area contributed by atoms with Crippen molar-refractivity contribution in [2.24, 2.45) is 11.8 Å². The largest absolute Gasteiger partial charge is 0.381 e. The normalized spacial score (nSPS) is 17.5. The highest BCUT2D eigenvalue weighted by Crippen LogP contribution is 2.31. The highest BCUT2D eigenvalue weighted by molar-refractivity contribution is 4.81. The van der Waals surface area contributed by atoms with Crippen LogP contribution in [-0.2, 0) is 4.74 Å². The standard InChI is InChI=1S/C8H17NO.C6H13N.C5H13N.3C3H8/c1-7(9-2)8-3-5-10-6-4-8;1-5(7-2)6-3-4-6;1-4-5(2)6-3;3*1-3-2/h7-9H,3-6H2,1-2H3;5-7H,3-4H2,1-2H3;5-6H,4H2,1-3H3;3*3H2,1-2H3/t7-;2*5-;;;/m111.../s1. The molecule has 2 fully saturated rings. The van der Waals surface area contributed by atoms with Crippen LogP contribution < -0.4 is 16.0 Å². The summed E-state index contributed by atoms with van der Waals surface area (Å²) in [5, 5.41) is 9.62. The molecule has 32 heavy (non-hydrogen) atoms. The van der Waals surface area contributed by atoms with Gasteiger partial charge in [-0.2, -0.15) is 0 Å². The van der Waals surface area contributed by atoms with Crippen LogP contribution in [0, 0.1) is 11.8 Å². The van der Waals surface area contributed by atoms with E-state index in [1.807, 2.05) is 21.1 Å². The van der Waals surface area contributed by atoms with Crippen LogP contribution in [0.2, 0.25) is 0 Å². The van der Waals surface area contributed by atoms with Gasteiger partial charge < -0.3 is 20.7 Å². The van der Waals surface area contributed by atoms with Crippen LogP contribution in [0.1, 0.15) is 121 Å². The molecule has 1 aliphatic heterocycles. The summed E-state index contributed by atoms with van der Waals surface area (Å²) in [5.74, 6) is 1.84. The minimum Gasteiger partial charge on any atom is -0.381 e. The molecule has 0 unspecified atom stereocenters. The average molecular weight is 462 g/mol. The van der Waals surface area contributed by atoms with Gasteiger partial charge in [0.05, 0.1) is 0 Å². The first-order valence-corrected chi connectivity index (χ1v) is 13.8. The number of hydrogen-bond acceptors (Lipinski definition) is 4. The number of hydrogen-bond donors (Lipinski definition) is 3. The Kier molecular flexibility index (Phi) is 40.3. The lowest BCUT2D eigenvalue weighted by atomic mass is 9.93. The molecule has 4 heteroatoms. The zero-order chi connectivity index (χ0) is 25.8. The Hall–Kier alpha value is -0.160. The van der Waals surface area contributed by atoms with Crippen LogP contribution in [0.4, 0.5) is 0 Å². The molecule has 0 spiro atoms. The maximum atomic E-state index is 5.27. The molecule has 0 aromatic heterocycles. The summed E-state index contributed by atoms with van der Waals surface area (Å²) in [7, 11) is 6.04. The fourth-order valence-corrected chi connectivity index (χ4v) is 2.49. The first kappa shape index (κ1) is 39.1. The van der Waals surface area contributed by atoms with E-state index in [1.54, 1.807) is 0 Å². The maximum absolute atomic E-state index is 5.27. The summed E-state index contributed by atoms with van der Waals surface area (Å²) >= 11 is 0. The molecule has 200 valence electrons. The lowest BCUT2D eigenvalue weighted by Gasteiger charge is -2.27. The fourth-order valence-electron chi connectivity index (χ4n) is 2.49. The Morgan fingerprint density at radius 1 is 0.594 bits per heavy atom. The van der Waals surface area contributed by atoms with Gasteiger partial charge in [0.15, 0.2) is 0 Å². The number of nitrogens with one attached hydrogen (secondary N) is 3. The second-order valence-corrected chi connectivity index (χ2v) is 9.16. The molecule has 0 aromatic rings. The molecular formula is C28H67N3O. The highest BCUT2D eigenvalue weighted by Gasteiger charge is 2.26. The molecule has 2 aliphatic rings. The van der Waals surface area contributed by atoms with Gasteiger partial charge in [-0.25, -0.2) is 0 Å². The third-order valence-corrected chi connectivity index (χ3v) is 5.32. The first-order valence-electron chi connectivity index (χ1n) is 13.8. The van der Waals surface area contributed by atoms with Crippen molar-refractivity contribution in [3.05, 3.63) is 0 Å². The molecule has 0 bridgehead atoms. The van der Waals surface area contributed by atoms with Crippen molar-refractivity contribution >= 4 is 0 Å². The SMILES string of the molecule is CCC.CCC.CCC.CC[C@@H](C)NC.CN[C@H](C)C1CC1.CN[C@H](C)C1CCOCC1. The summed E-state index contributed by atoms with van der Waals surface area (Å²) in [6, 6.07) is 2.11. The molecule has 3 N–H and O–H groups in total. The number of ether oxygens (including phenoxy) is 1. The fraction of sp³-hybridized carbons (Fsp3) is 1.00. The lowest BCUT2D eigenvalue weighted by Crippen LogP contribution is -2.34. The van der Waals surface area contributed by atoms with Crippen LogP contribution in [0.3, 0.4) is 0 Å². The van der Waals surface area contributed by atoms with Gasteiger partial charge in [-0.3, -0.25) is 0 Å². The van der Waals surface area contributed by atoms with Gasteiger partial charge in [-0.05, 0) is 85.9 Å². The van der Waals surface area contributed by atoms with Crippen molar-refractivity contribution in [3.8, 4) is 0 Å². The van der Waals surface area contributed by atoms with E-state index in [1.165, 1.54) is 51.4 Å². The Bertz CT molecular complexity index is 284. The van der Waals surface area contributed by atoms with Crippen LogP contribution in [0.25, 0.3) is 0 Å². The smallest absolute Gasteiger partial charge is 0.0469 e. The molecule has 1 saturated carbocycles. The quantitative estimate of drug-likeness (QED) is 0.389. The Labute approximate surface area is 205 Å². The molecule has 0 aromatic carbocycles. The second kappa shape index (κ2) is 33.0. The zero-order valence-corrected chi connectivity index (χ0v) is 24.9. The summed E-state index contributed by atoms with van der Waals surface area (Å²) < 4.78 is 5.27. The number of rotatable bonds is 6. The summed E-state index contributed by atoms with van der Waals surface area (Å²) in [6.07, 6.45) is 10.3. The monoisotopic (exact) mass is 462 g/mol. The Morgan fingerprint density at radius 2 is 0.906 bits per heavy atom. The van der Waals surface area contributed by atoms with Gasteiger partial charge in [0.25, 0.3) is 0 Å². The summed E-state index contributed by atoms with van der Waals surface area (Å²) in [4.78, 5) is 0. The van der Waals surface area contributed by atoms with E-state index in [4.69, 9.17) is 4.74 Å². The summed E-state index contributed by atoms with van der Waals surface area (Å²) in [5.41, 5.74) is 0. The van der Waals surface area contributed by atoms with Gasteiger partial charge in [-0.1, -0.05) is 67.7 Å². The maximum Gasteiger partial charge on any atom is 0.0469 e. The van der Waals surface area contributed by atoms with Crippen LogP contribution in [-0.4, -0.2) is 52.5 Å². The first-order chi connectivity index (χ1) is 15.2. The predicted octanol–water partition coefficient (Wildman–Crippen LogP) is 7.28. The van der Waals surface area contributed by atoms with Gasteiger partial charge >= 0.3 is 0 Å². The molecule has 1 heterocycles. The van der Waals surface area contributed by atoms with Crippen molar-refractivity contribution < 1.29 is 4.74 Å². The van der Waals surface area contributed by atoms with Gasteiger partial charge in [-0.15, -0.1) is 0 Å². The molecule has 1 saturated heterocycles. The topological polar surface area (TPSA) is 45.3 Å². The third-order valence-electron chi connectivity index (χ3n) is 5.32. The average Bonchev–Trinajstić information content (AvgIpc) is 3.66. The minimum absolute atomic E-state index is 0.656. The molecule has 4 nitrogen and oxygen atoms in total. The minimum atomic E-state index is 0.656. The van der Waals surface area contributed by atoms with Crippen LogP contribution >= 0.6 is 0 Å². The third kappa shape index (κ3) is 34.5. The van der Waals surface area contributed by atoms with Crippen molar-refractivity contribution in [3.63, 3.8) is 0 Å². The molecule has 0 radical (unpaired) electrons. The molecule has 0 amide bonds. The van der Waals surface area contributed by atoms with E-state index in [0.29, 0.717) is 12.1 Å². The van der Waals surface area contributed by atoms with E-state index in [0.717, 1.165) is 31.1 Å². The highest BCUT2D eigenvalue weighted by atomic mass is 16.5. The Balaban J connectivity index is -0.000000159. The van der Waals surface area contributed by atoms with Crippen LogP contribution in [0.15, 0.2) is 0 Å². The molecule has 3 atom stereocenters. The van der Waals surface area contributed by atoms with Gasteiger partial charge in [0, 0.05) is 31.3 Å². The van der Waals surface area contributed by atoms with Crippen molar-refractivity contribution in [2.75, 3.05) is 34.4 Å². The molecule has 2 rings (SSSR count). The molecule has 1 aliphatic carbocycles. The van der Waals surface area contributed by atoms with Gasteiger partial charge in [0.1, 0.15) is 0 Å². The molecular weight excluding hydrogens is 394 g/mol. The summed E-state index contributed by atoms with van der Waals surface area (Å²) in [6.45, 7) is 23.5. The second-order valence-electron chi connectivity index (χ2n) is 9.16. The van der Waals surface area contributed by atoms with E-state index in [2.05, 4.69) is 85.2 Å². The van der Waals surface area contributed by atoms with Crippen molar-refractivity contribution in [2.45, 2.75) is 139 Å². The van der Waals surface area contributed by atoms with E-state index >= 15 is 0 Å². The lowest BCUT2D eigenvalue weighted by molar-refractivity contribution is 0.0569. The van der Waals surface area contributed by atoms with E-state index in [9.17, 15) is 0 Å².